The van der Waals surface area contributed by atoms with Gasteiger partial charge in [-0.25, -0.2) is 0 Å². The first-order chi connectivity index (χ1) is 16.5. The average Bonchev–Trinajstić information content (AvgIpc) is 3.49. The predicted molar refractivity (Wildman–Crippen MR) is 138 cm³/mol. The standard InChI is InChI=1S/C30H29NO3/c1-5-8-23-24-13-16-27(29-17-11-21(4)33-29)30(32-6-2)26(24)15-14-25(23)28-18-12-22(34-28)10-7-9-20(3)19-31/h7,9-18H,5-6,8H2,1-4H3/b10-7+,20-9-. The molecule has 0 bridgehead atoms. The van der Waals surface area contributed by atoms with Crippen molar-refractivity contribution in [2.75, 3.05) is 6.61 Å². The van der Waals surface area contributed by atoms with E-state index in [0.717, 1.165) is 63.5 Å². The maximum absolute atomic E-state index is 8.90. The number of fused-ring (bicyclic) bond motifs is 1. The van der Waals surface area contributed by atoms with E-state index in [1.54, 1.807) is 13.0 Å². The third-order valence-electron chi connectivity index (χ3n) is 5.73. The van der Waals surface area contributed by atoms with Gasteiger partial charge >= 0.3 is 0 Å². The van der Waals surface area contributed by atoms with Crippen molar-refractivity contribution in [1.29, 1.82) is 5.26 Å². The van der Waals surface area contributed by atoms with Crippen molar-refractivity contribution in [1.82, 2.24) is 0 Å². The number of allylic oxidation sites excluding steroid dienone is 3. The van der Waals surface area contributed by atoms with E-state index in [9.17, 15) is 0 Å². The van der Waals surface area contributed by atoms with Gasteiger partial charge in [0.05, 0.1) is 18.2 Å². The van der Waals surface area contributed by atoms with E-state index in [-0.39, 0.29) is 0 Å². The second kappa shape index (κ2) is 10.3. The summed E-state index contributed by atoms with van der Waals surface area (Å²) in [5.41, 5.74) is 3.94. The molecule has 4 aromatic rings. The Morgan fingerprint density at radius 3 is 2.38 bits per heavy atom. The summed E-state index contributed by atoms with van der Waals surface area (Å²) in [6.45, 7) is 8.49. The van der Waals surface area contributed by atoms with Gasteiger partial charge in [-0.05, 0) is 86.7 Å². The van der Waals surface area contributed by atoms with E-state index >= 15 is 0 Å². The molecule has 0 spiro atoms. The molecule has 0 amide bonds. The van der Waals surface area contributed by atoms with Crippen LogP contribution in [0.2, 0.25) is 0 Å². The highest BCUT2D eigenvalue weighted by Gasteiger charge is 2.18. The molecule has 0 saturated carbocycles. The minimum absolute atomic E-state index is 0.574. The van der Waals surface area contributed by atoms with E-state index in [1.807, 2.05) is 50.3 Å². The lowest BCUT2D eigenvalue weighted by atomic mass is 9.92. The van der Waals surface area contributed by atoms with E-state index in [2.05, 4.69) is 37.3 Å². The number of nitriles is 1. The smallest absolute Gasteiger partial charge is 0.138 e. The molecule has 0 atom stereocenters. The molecule has 2 aromatic heterocycles. The molecule has 4 heteroatoms. The lowest BCUT2D eigenvalue weighted by Gasteiger charge is -2.16. The predicted octanol–water partition coefficient (Wildman–Crippen LogP) is 8.50. The normalized spacial score (nSPS) is 11.9. The van der Waals surface area contributed by atoms with Crippen LogP contribution in [0, 0.1) is 18.3 Å². The SMILES string of the molecule is CCCc1c(-c2ccc(/C=C/C=C(/C)C#N)o2)ccc2c(OCC)c(-c3ccc(C)o3)ccc12. The summed E-state index contributed by atoms with van der Waals surface area (Å²) in [5.74, 6) is 4.11. The van der Waals surface area contributed by atoms with Crippen LogP contribution in [0.25, 0.3) is 39.5 Å². The molecule has 172 valence electrons. The van der Waals surface area contributed by atoms with Gasteiger partial charge in [0.25, 0.3) is 0 Å². The molecular weight excluding hydrogens is 422 g/mol. The van der Waals surface area contributed by atoms with Gasteiger partial charge in [0.2, 0.25) is 0 Å². The molecule has 4 nitrogen and oxygen atoms in total. The highest BCUT2D eigenvalue weighted by Crippen LogP contribution is 2.41. The van der Waals surface area contributed by atoms with Crippen molar-refractivity contribution in [2.45, 2.75) is 40.5 Å². The number of ether oxygens (including phenoxy) is 1. The molecule has 0 N–H and O–H groups in total. The van der Waals surface area contributed by atoms with Crippen LogP contribution in [0.1, 0.15) is 44.3 Å². The molecule has 34 heavy (non-hydrogen) atoms. The molecule has 2 heterocycles. The molecule has 0 aliphatic carbocycles. The quantitative estimate of drug-likeness (QED) is 0.199. The average molecular weight is 452 g/mol. The molecule has 0 saturated heterocycles. The lowest BCUT2D eigenvalue weighted by molar-refractivity contribution is 0.344. The number of hydrogen-bond acceptors (Lipinski definition) is 4. The Labute approximate surface area is 200 Å². The minimum atomic E-state index is 0.574. The Hall–Kier alpha value is -3.97. The minimum Gasteiger partial charge on any atom is -0.492 e. The monoisotopic (exact) mass is 451 g/mol. The molecule has 0 radical (unpaired) electrons. The van der Waals surface area contributed by atoms with Gasteiger partial charge in [-0.15, -0.1) is 0 Å². The second-order valence-electron chi connectivity index (χ2n) is 8.24. The van der Waals surface area contributed by atoms with Gasteiger partial charge in [0.15, 0.2) is 0 Å². The van der Waals surface area contributed by atoms with Crippen LogP contribution < -0.4 is 4.74 Å². The first-order valence-electron chi connectivity index (χ1n) is 11.7. The molecule has 4 rings (SSSR count). The van der Waals surface area contributed by atoms with Gasteiger partial charge in [-0.2, -0.15) is 5.26 Å². The van der Waals surface area contributed by atoms with E-state index in [1.165, 1.54) is 5.56 Å². The van der Waals surface area contributed by atoms with E-state index in [4.69, 9.17) is 18.8 Å². The number of rotatable bonds is 8. The van der Waals surface area contributed by atoms with Crippen molar-refractivity contribution in [2.24, 2.45) is 0 Å². The Balaban J connectivity index is 1.82. The van der Waals surface area contributed by atoms with Crippen LogP contribution in [0.4, 0.5) is 0 Å². The summed E-state index contributed by atoms with van der Waals surface area (Å²) in [4.78, 5) is 0. The highest BCUT2D eigenvalue weighted by atomic mass is 16.5. The Morgan fingerprint density at radius 1 is 0.941 bits per heavy atom. The van der Waals surface area contributed by atoms with Crippen LogP contribution >= 0.6 is 0 Å². The van der Waals surface area contributed by atoms with Gasteiger partial charge in [-0.1, -0.05) is 31.6 Å². The van der Waals surface area contributed by atoms with Crippen molar-refractivity contribution < 1.29 is 13.6 Å². The van der Waals surface area contributed by atoms with Crippen molar-refractivity contribution >= 4 is 16.8 Å². The first-order valence-corrected chi connectivity index (χ1v) is 11.7. The Kier molecular flexibility index (Phi) is 7.04. The molecule has 2 aromatic carbocycles. The number of furan rings is 2. The van der Waals surface area contributed by atoms with Gasteiger partial charge in [0.1, 0.15) is 28.8 Å². The van der Waals surface area contributed by atoms with Gasteiger partial charge in [-0.3, -0.25) is 0 Å². The lowest BCUT2D eigenvalue weighted by Crippen LogP contribution is -1.98. The zero-order chi connectivity index (χ0) is 24.1. The Morgan fingerprint density at radius 2 is 1.68 bits per heavy atom. The van der Waals surface area contributed by atoms with Gasteiger partial charge in [0, 0.05) is 16.5 Å². The van der Waals surface area contributed by atoms with Crippen molar-refractivity contribution in [3.8, 4) is 34.5 Å². The number of aryl methyl sites for hydroxylation is 2. The zero-order valence-corrected chi connectivity index (χ0v) is 20.1. The Bertz CT molecular complexity index is 1410. The van der Waals surface area contributed by atoms with E-state index < -0.39 is 0 Å². The number of hydrogen-bond donors (Lipinski definition) is 0. The highest BCUT2D eigenvalue weighted by molar-refractivity contribution is 5.99. The third kappa shape index (κ3) is 4.70. The van der Waals surface area contributed by atoms with Crippen molar-refractivity contribution in [3.05, 3.63) is 83.3 Å². The third-order valence-corrected chi connectivity index (χ3v) is 5.73. The van der Waals surface area contributed by atoms with Crippen LogP contribution in [-0.4, -0.2) is 6.61 Å². The summed E-state index contributed by atoms with van der Waals surface area (Å²) in [6.07, 6.45) is 7.42. The largest absolute Gasteiger partial charge is 0.492 e. The van der Waals surface area contributed by atoms with Crippen LogP contribution in [0.15, 0.2) is 75.1 Å². The fraction of sp³-hybridized carbons (Fsp3) is 0.233. The van der Waals surface area contributed by atoms with Crippen molar-refractivity contribution in [3.63, 3.8) is 0 Å². The molecule has 0 fully saturated rings. The summed E-state index contributed by atoms with van der Waals surface area (Å²) >= 11 is 0. The van der Waals surface area contributed by atoms with Crippen LogP contribution in [0.3, 0.4) is 0 Å². The van der Waals surface area contributed by atoms with E-state index in [0.29, 0.717) is 12.2 Å². The molecule has 0 aliphatic rings. The maximum atomic E-state index is 8.90. The first kappa shape index (κ1) is 23.2. The number of benzene rings is 2. The topological polar surface area (TPSA) is 59.3 Å². The molecule has 0 aliphatic heterocycles. The van der Waals surface area contributed by atoms with Crippen LogP contribution in [-0.2, 0) is 6.42 Å². The summed E-state index contributed by atoms with van der Waals surface area (Å²) in [5, 5.41) is 11.1. The fourth-order valence-electron chi connectivity index (χ4n) is 4.18. The summed E-state index contributed by atoms with van der Waals surface area (Å²) in [6, 6.07) is 18.5. The van der Waals surface area contributed by atoms with Crippen LogP contribution in [0.5, 0.6) is 5.75 Å². The second-order valence-corrected chi connectivity index (χ2v) is 8.24. The maximum Gasteiger partial charge on any atom is 0.138 e. The summed E-state index contributed by atoms with van der Waals surface area (Å²) < 4.78 is 18.2. The van der Waals surface area contributed by atoms with Gasteiger partial charge < -0.3 is 13.6 Å². The number of nitrogens with zero attached hydrogens (tertiary/aromatic N) is 1. The molecule has 0 unspecified atom stereocenters. The summed E-state index contributed by atoms with van der Waals surface area (Å²) in [7, 11) is 0. The zero-order valence-electron chi connectivity index (χ0n) is 20.1. The fourth-order valence-corrected chi connectivity index (χ4v) is 4.18. The molecular formula is C30H29NO3.